The van der Waals surface area contributed by atoms with E-state index in [-0.39, 0.29) is 11.8 Å². The molecule has 1 N–H and O–H groups in total. The largest absolute Gasteiger partial charge is 0.494 e. The van der Waals surface area contributed by atoms with Gasteiger partial charge in [0.05, 0.1) is 22.5 Å². The molecule has 0 fully saturated rings. The Morgan fingerprint density at radius 1 is 1.26 bits per heavy atom. The molecule has 1 atom stereocenters. The summed E-state index contributed by atoms with van der Waals surface area (Å²) in [6.45, 7) is 4.58. The number of ether oxygens (including phenoxy) is 1. The second-order valence-corrected chi connectivity index (χ2v) is 9.29. The fourth-order valence-electron chi connectivity index (χ4n) is 4.05. The van der Waals surface area contributed by atoms with E-state index in [2.05, 4.69) is 35.8 Å². The number of hydrogen-bond acceptors (Lipinski definition) is 6. The van der Waals surface area contributed by atoms with Gasteiger partial charge < -0.3 is 10.1 Å². The maximum atomic E-state index is 12.6. The summed E-state index contributed by atoms with van der Waals surface area (Å²) in [5, 5.41) is 8.55. The Kier molecular flexibility index (Phi) is 5.19. The summed E-state index contributed by atoms with van der Waals surface area (Å²) in [7, 11) is 0. The number of benzene rings is 2. The monoisotopic (exact) mass is 450 g/mol. The van der Waals surface area contributed by atoms with Gasteiger partial charge in [-0.2, -0.15) is 9.78 Å². The first-order valence-corrected chi connectivity index (χ1v) is 12.2. The lowest BCUT2D eigenvalue weighted by molar-refractivity contribution is -0.116. The van der Waals surface area contributed by atoms with Crippen LogP contribution in [0.3, 0.4) is 0 Å². The van der Waals surface area contributed by atoms with E-state index in [1.165, 1.54) is 16.2 Å². The first-order chi connectivity index (χ1) is 15.1. The van der Waals surface area contributed by atoms with Crippen molar-refractivity contribution in [1.29, 1.82) is 0 Å². The molecule has 6 nitrogen and oxygen atoms in total. The number of hydrogen-bond donors (Lipinski definition) is 1. The molecule has 0 saturated carbocycles. The fraction of sp³-hybridized carbons (Fsp3) is 0.261. The molecule has 2 aromatic heterocycles. The normalized spacial score (nSPS) is 15.7. The molecule has 0 aliphatic carbocycles. The number of aryl methyl sites for hydroxylation is 1. The Morgan fingerprint density at radius 2 is 2.06 bits per heavy atom. The van der Waals surface area contributed by atoms with E-state index in [1.807, 2.05) is 32.0 Å². The second-order valence-electron chi connectivity index (χ2n) is 7.40. The highest BCUT2D eigenvalue weighted by molar-refractivity contribution is 7.98. The molecule has 1 amide bonds. The van der Waals surface area contributed by atoms with Crippen molar-refractivity contribution in [3.05, 3.63) is 59.3 Å². The van der Waals surface area contributed by atoms with Crippen molar-refractivity contribution >= 4 is 45.0 Å². The van der Waals surface area contributed by atoms with Crippen molar-refractivity contribution in [1.82, 2.24) is 14.8 Å². The number of carbonyl (C=O) groups excluding carboxylic acids is 1. The smallest absolute Gasteiger partial charge is 0.226 e. The quantitative estimate of drug-likeness (QED) is 0.413. The molecular weight excluding hydrogens is 428 g/mol. The maximum absolute atomic E-state index is 12.6. The van der Waals surface area contributed by atoms with Crippen molar-refractivity contribution < 1.29 is 9.53 Å². The third-order valence-corrected chi connectivity index (χ3v) is 7.20. The molecule has 1 aliphatic rings. The van der Waals surface area contributed by atoms with Crippen LogP contribution in [0.25, 0.3) is 15.3 Å². The molecule has 0 bridgehead atoms. The van der Waals surface area contributed by atoms with Gasteiger partial charge in [0.2, 0.25) is 11.0 Å². The summed E-state index contributed by atoms with van der Waals surface area (Å²) in [4.78, 5) is 18.6. The molecule has 0 saturated heterocycles. The highest BCUT2D eigenvalue weighted by Gasteiger charge is 2.33. The van der Waals surface area contributed by atoms with Crippen molar-refractivity contribution in [3.63, 3.8) is 0 Å². The van der Waals surface area contributed by atoms with Crippen LogP contribution >= 0.6 is 23.1 Å². The molecule has 158 valence electrons. The second kappa shape index (κ2) is 8.01. The average molecular weight is 451 g/mol. The van der Waals surface area contributed by atoms with E-state index >= 15 is 0 Å². The summed E-state index contributed by atoms with van der Waals surface area (Å²) in [6, 6.07) is 14.3. The highest BCUT2D eigenvalue weighted by Crippen LogP contribution is 2.41. The number of nitrogens with one attached hydrogen (secondary N) is 1. The summed E-state index contributed by atoms with van der Waals surface area (Å²) >= 11 is 3.24. The van der Waals surface area contributed by atoms with E-state index in [1.54, 1.807) is 16.4 Å². The molecule has 5 rings (SSSR count). The SMILES string of the molecule is CCOc1ccc2nc(-n3nc(C)c4c3NC(=O)C[C@H]4c3ccc(SC)cc3)sc2c1. The van der Waals surface area contributed by atoms with Gasteiger partial charge in [-0.1, -0.05) is 23.5 Å². The van der Waals surface area contributed by atoms with Gasteiger partial charge in [-0.3, -0.25) is 4.79 Å². The minimum absolute atomic E-state index is 0.00710. The van der Waals surface area contributed by atoms with Crippen LogP contribution in [0.15, 0.2) is 47.4 Å². The van der Waals surface area contributed by atoms with Crippen molar-refractivity contribution in [2.24, 2.45) is 0 Å². The molecule has 2 aromatic carbocycles. The Balaban J connectivity index is 1.59. The van der Waals surface area contributed by atoms with Crippen molar-refractivity contribution in [2.45, 2.75) is 31.1 Å². The summed E-state index contributed by atoms with van der Waals surface area (Å²) in [5.74, 6) is 1.52. The lowest BCUT2D eigenvalue weighted by atomic mass is 9.86. The van der Waals surface area contributed by atoms with Crippen LogP contribution in [-0.2, 0) is 4.79 Å². The molecule has 0 spiro atoms. The Bertz CT molecular complexity index is 1280. The minimum Gasteiger partial charge on any atom is -0.494 e. The lowest BCUT2D eigenvalue weighted by Crippen LogP contribution is -2.24. The lowest BCUT2D eigenvalue weighted by Gasteiger charge is -2.24. The van der Waals surface area contributed by atoms with E-state index < -0.39 is 0 Å². The number of aromatic nitrogens is 3. The number of anilines is 1. The predicted molar refractivity (Wildman–Crippen MR) is 126 cm³/mol. The number of fused-ring (bicyclic) bond motifs is 2. The van der Waals surface area contributed by atoms with Crippen LogP contribution in [-0.4, -0.2) is 33.5 Å². The van der Waals surface area contributed by atoms with E-state index in [9.17, 15) is 4.79 Å². The summed E-state index contributed by atoms with van der Waals surface area (Å²) in [6.07, 6.45) is 2.47. The Morgan fingerprint density at radius 3 is 2.81 bits per heavy atom. The molecule has 8 heteroatoms. The molecule has 4 aromatic rings. The minimum atomic E-state index is -0.0210. The molecule has 0 radical (unpaired) electrons. The number of carbonyl (C=O) groups is 1. The Hall–Kier alpha value is -2.84. The fourth-order valence-corrected chi connectivity index (χ4v) is 5.41. The zero-order valence-corrected chi connectivity index (χ0v) is 19.1. The van der Waals surface area contributed by atoms with Gasteiger partial charge >= 0.3 is 0 Å². The third-order valence-electron chi connectivity index (χ3n) is 5.46. The topological polar surface area (TPSA) is 69.0 Å². The van der Waals surface area contributed by atoms with E-state index in [0.29, 0.717) is 13.0 Å². The Labute approximate surface area is 188 Å². The highest BCUT2D eigenvalue weighted by atomic mass is 32.2. The number of thioether (sulfide) groups is 1. The zero-order chi connectivity index (χ0) is 21.5. The van der Waals surface area contributed by atoms with Gasteiger partial charge in [0.15, 0.2) is 0 Å². The predicted octanol–water partition coefficient (Wildman–Crippen LogP) is 5.39. The van der Waals surface area contributed by atoms with Crippen molar-refractivity contribution in [2.75, 3.05) is 18.2 Å². The van der Waals surface area contributed by atoms with E-state index in [0.717, 1.165) is 43.7 Å². The molecule has 1 aliphatic heterocycles. The first-order valence-electron chi connectivity index (χ1n) is 10.1. The van der Waals surface area contributed by atoms with Crippen molar-refractivity contribution in [3.8, 4) is 10.9 Å². The number of nitrogens with zero attached hydrogens (tertiary/aromatic N) is 3. The van der Waals surface area contributed by atoms with Crippen LogP contribution in [0.1, 0.15) is 36.1 Å². The summed E-state index contributed by atoms with van der Waals surface area (Å²) in [5.41, 5.74) is 3.98. The van der Waals surface area contributed by atoms with Gasteiger partial charge in [0.1, 0.15) is 11.6 Å². The molecule has 0 unspecified atom stereocenters. The third kappa shape index (κ3) is 3.59. The van der Waals surface area contributed by atoms with Crippen LogP contribution in [0, 0.1) is 6.92 Å². The van der Waals surface area contributed by atoms with Gasteiger partial charge in [-0.05, 0) is 56.0 Å². The molecular formula is C23H22N4O2S2. The van der Waals surface area contributed by atoms with Gasteiger partial charge in [-0.15, -0.1) is 11.8 Å². The molecule has 3 heterocycles. The summed E-state index contributed by atoms with van der Waals surface area (Å²) < 4.78 is 8.41. The van der Waals surface area contributed by atoms with E-state index in [4.69, 9.17) is 14.8 Å². The maximum Gasteiger partial charge on any atom is 0.226 e. The van der Waals surface area contributed by atoms with Crippen LogP contribution in [0.5, 0.6) is 5.75 Å². The van der Waals surface area contributed by atoms with Crippen LogP contribution in [0.4, 0.5) is 5.82 Å². The first kappa shape index (κ1) is 20.1. The number of thiazole rings is 1. The van der Waals surface area contributed by atoms with Gasteiger partial charge in [0, 0.05) is 22.8 Å². The zero-order valence-electron chi connectivity index (χ0n) is 17.5. The standard InChI is InChI=1S/C23H22N4O2S2/c1-4-29-15-7-10-18-19(11-15)31-23(24-18)27-22-21(13(2)26-27)17(12-20(28)25-22)14-5-8-16(30-3)9-6-14/h5-11,17H,4,12H2,1-3H3,(H,25,28)/t17-/m0/s1. The van der Waals surface area contributed by atoms with Gasteiger partial charge in [0.25, 0.3) is 0 Å². The number of rotatable bonds is 5. The van der Waals surface area contributed by atoms with Crippen LogP contribution in [0.2, 0.25) is 0 Å². The van der Waals surface area contributed by atoms with Crippen LogP contribution < -0.4 is 10.1 Å². The molecule has 31 heavy (non-hydrogen) atoms. The number of amides is 1. The van der Waals surface area contributed by atoms with Gasteiger partial charge in [-0.25, -0.2) is 4.98 Å². The average Bonchev–Trinajstić information content (AvgIpc) is 3.34.